The first-order valence-electron chi connectivity index (χ1n) is 9.42. The van der Waals surface area contributed by atoms with Crippen LogP contribution in [0.25, 0.3) is 10.9 Å². The Morgan fingerprint density at radius 2 is 2.07 bits per heavy atom. The van der Waals surface area contributed by atoms with Crippen molar-refractivity contribution >= 4 is 22.5 Å². The van der Waals surface area contributed by atoms with Crippen LogP contribution in [0.2, 0.25) is 0 Å². The van der Waals surface area contributed by atoms with Crippen molar-refractivity contribution in [3.63, 3.8) is 0 Å². The van der Waals surface area contributed by atoms with E-state index in [9.17, 15) is 19.7 Å². The van der Waals surface area contributed by atoms with Crippen LogP contribution < -0.4 is 5.56 Å². The molecule has 0 fully saturated rings. The molecule has 1 amide bonds. The number of aromatic nitrogens is 2. The highest BCUT2D eigenvalue weighted by Crippen LogP contribution is 2.25. The second-order valence-corrected chi connectivity index (χ2v) is 7.26. The fourth-order valence-electron chi connectivity index (χ4n) is 3.72. The molecule has 0 saturated carbocycles. The van der Waals surface area contributed by atoms with Gasteiger partial charge in [-0.2, -0.15) is 0 Å². The van der Waals surface area contributed by atoms with E-state index in [-0.39, 0.29) is 23.2 Å². The SMILES string of the molecule is C[C@@H](c1cccc([N+](=O)[O-])c1)N(C)C(=O)c1ccc2c(=O)n3c(nc2c1)CCC3. The highest BCUT2D eigenvalue weighted by Gasteiger charge is 2.22. The van der Waals surface area contributed by atoms with E-state index in [0.717, 1.165) is 18.7 Å². The Kier molecular flexibility index (Phi) is 4.62. The van der Waals surface area contributed by atoms with Gasteiger partial charge in [0.25, 0.3) is 17.2 Å². The van der Waals surface area contributed by atoms with E-state index in [1.165, 1.54) is 17.0 Å². The van der Waals surface area contributed by atoms with Crippen LogP contribution in [0.4, 0.5) is 5.69 Å². The van der Waals surface area contributed by atoms with Gasteiger partial charge in [0.1, 0.15) is 5.82 Å². The number of amides is 1. The highest BCUT2D eigenvalue weighted by atomic mass is 16.6. The van der Waals surface area contributed by atoms with Crippen molar-refractivity contribution in [1.29, 1.82) is 0 Å². The summed E-state index contributed by atoms with van der Waals surface area (Å²) in [6, 6.07) is 10.8. The summed E-state index contributed by atoms with van der Waals surface area (Å²) in [5.74, 6) is 0.513. The lowest BCUT2D eigenvalue weighted by atomic mass is 10.0. The number of nitrogens with zero attached hydrogens (tertiary/aromatic N) is 4. The summed E-state index contributed by atoms with van der Waals surface area (Å²) in [6.07, 6.45) is 1.65. The summed E-state index contributed by atoms with van der Waals surface area (Å²) in [7, 11) is 1.65. The molecule has 2 heterocycles. The average Bonchev–Trinajstić information content (AvgIpc) is 3.20. The number of carbonyl (C=O) groups excluding carboxylic acids is 1. The van der Waals surface area contributed by atoms with Gasteiger partial charge in [0.15, 0.2) is 0 Å². The number of hydrogen-bond donors (Lipinski definition) is 0. The zero-order valence-corrected chi connectivity index (χ0v) is 16.2. The molecule has 8 heteroatoms. The zero-order chi connectivity index (χ0) is 20.7. The predicted molar refractivity (Wildman–Crippen MR) is 108 cm³/mol. The highest BCUT2D eigenvalue weighted by molar-refractivity contribution is 5.97. The average molecular weight is 392 g/mol. The zero-order valence-electron chi connectivity index (χ0n) is 16.2. The molecule has 0 aliphatic carbocycles. The number of nitro benzene ring substituents is 1. The third kappa shape index (κ3) is 3.26. The maximum absolute atomic E-state index is 13.0. The van der Waals surface area contributed by atoms with Gasteiger partial charge in [0, 0.05) is 37.7 Å². The second-order valence-electron chi connectivity index (χ2n) is 7.26. The molecule has 1 aliphatic rings. The molecule has 1 aliphatic heterocycles. The lowest BCUT2D eigenvalue weighted by Gasteiger charge is -2.25. The van der Waals surface area contributed by atoms with E-state index >= 15 is 0 Å². The number of aryl methyl sites for hydroxylation is 1. The molecule has 1 atom stereocenters. The van der Waals surface area contributed by atoms with Gasteiger partial charge in [-0.25, -0.2) is 4.98 Å². The molecule has 0 saturated heterocycles. The van der Waals surface area contributed by atoms with Gasteiger partial charge in [-0.15, -0.1) is 0 Å². The van der Waals surface area contributed by atoms with Crippen LogP contribution in [0.3, 0.4) is 0 Å². The smallest absolute Gasteiger partial charge is 0.269 e. The Morgan fingerprint density at radius 1 is 1.28 bits per heavy atom. The normalized spacial score (nSPS) is 13.9. The van der Waals surface area contributed by atoms with Crippen molar-refractivity contribution in [3.8, 4) is 0 Å². The molecule has 148 valence electrons. The topological polar surface area (TPSA) is 98.3 Å². The van der Waals surface area contributed by atoms with Crippen molar-refractivity contribution in [1.82, 2.24) is 14.5 Å². The lowest BCUT2D eigenvalue weighted by molar-refractivity contribution is -0.384. The number of rotatable bonds is 4. The summed E-state index contributed by atoms with van der Waals surface area (Å²) in [5, 5.41) is 11.5. The number of non-ortho nitro benzene ring substituents is 1. The second kappa shape index (κ2) is 7.12. The monoisotopic (exact) mass is 392 g/mol. The summed E-state index contributed by atoms with van der Waals surface area (Å²) in [5.41, 5.74) is 1.53. The van der Waals surface area contributed by atoms with Gasteiger partial charge in [0.2, 0.25) is 0 Å². The maximum Gasteiger partial charge on any atom is 0.269 e. The van der Waals surface area contributed by atoms with Gasteiger partial charge in [-0.3, -0.25) is 24.3 Å². The summed E-state index contributed by atoms with van der Waals surface area (Å²) >= 11 is 0. The Morgan fingerprint density at radius 3 is 2.83 bits per heavy atom. The first-order chi connectivity index (χ1) is 13.9. The van der Waals surface area contributed by atoms with Crippen molar-refractivity contribution in [2.45, 2.75) is 32.4 Å². The van der Waals surface area contributed by atoms with Crippen LogP contribution in [0.15, 0.2) is 47.3 Å². The van der Waals surface area contributed by atoms with E-state index in [1.54, 1.807) is 41.9 Å². The van der Waals surface area contributed by atoms with Crippen molar-refractivity contribution in [2.24, 2.45) is 0 Å². The molecular formula is C21H20N4O4. The molecule has 0 N–H and O–H groups in total. The van der Waals surface area contributed by atoms with E-state index in [1.807, 2.05) is 6.92 Å². The summed E-state index contributed by atoms with van der Waals surface area (Å²) in [6.45, 7) is 2.50. The number of carbonyl (C=O) groups is 1. The van der Waals surface area contributed by atoms with Crippen LogP contribution in [0, 0.1) is 10.1 Å². The number of fused-ring (bicyclic) bond motifs is 2. The van der Waals surface area contributed by atoms with E-state index in [2.05, 4.69) is 4.98 Å². The van der Waals surface area contributed by atoms with Gasteiger partial charge >= 0.3 is 0 Å². The van der Waals surface area contributed by atoms with Gasteiger partial charge in [-0.1, -0.05) is 12.1 Å². The quantitative estimate of drug-likeness (QED) is 0.502. The fourth-order valence-corrected chi connectivity index (χ4v) is 3.72. The van der Waals surface area contributed by atoms with Gasteiger partial charge in [0.05, 0.1) is 21.9 Å². The molecule has 1 aromatic heterocycles. The summed E-state index contributed by atoms with van der Waals surface area (Å²) in [4.78, 5) is 42.3. The van der Waals surface area contributed by atoms with Crippen LogP contribution in [-0.4, -0.2) is 32.3 Å². The standard InChI is InChI=1S/C21H20N4O4/c1-13(14-5-3-6-16(11-14)25(28)29)23(2)20(26)15-8-9-17-18(12-15)22-19-7-4-10-24(19)21(17)27/h3,5-6,8-9,11-13H,4,7,10H2,1-2H3/t13-/m0/s1. The molecule has 2 aromatic carbocycles. The van der Waals surface area contributed by atoms with Crippen LogP contribution >= 0.6 is 0 Å². The number of benzene rings is 2. The summed E-state index contributed by atoms with van der Waals surface area (Å²) < 4.78 is 1.69. The largest absolute Gasteiger partial charge is 0.335 e. The molecule has 3 aromatic rings. The lowest BCUT2D eigenvalue weighted by Crippen LogP contribution is -2.30. The molecule has 29 heavy (non-hydrogen) atoms. The third-order valence-corrected chi connectivity index (χ3v) is 5.53. The van der Waals surface area contributed by atoms with Crippen LogP contribution in [-0.2, 0) is 13.0 Å². The predicted octanol–water partition coefficient (Wildman–Crippen LogP) is 3.08. The Balaban J connectivity index is 1.66. The molecule has 4 rings (SSSR count). The van der Waals surface area contributed by atoms with E-state index in [0.29, 0.717) is 28.6 Å². The fraction of sp³-hybridized carbons (Fsp3) is 0.286. The van der Waals surface area contributed by atoms with Crippen LogP contribution in [0.5, 0.6) is 0 Å². The maximum atomic E-state index is 13.0. The first-order valence-corrected chi connectivity index (χ1v) is 9.42. The Bertz CT molecular complexity index is 1200. The minimum Gasteiger partial charge on any atom is -0.335 e. The van der Waals surface area contributed by atoms with Gasteiger partial charge < -0.3 is 4.90 Å². The van der Waals surface area contributed by atoms with Crippen LogP contribution in [0.1, 0.15) is 41.1 Å². The minimum absolute atomic E-state index is 0.0144. The molecule has 0 spiro atoms. The Labute approximate surface area is 166 Å². The third-order valence-electron chi connectivity index (χ3n) is 5.53. The van der Waals surface area contributed by atoms with E-state index in [4.69, 9.17) is 0 Å². The number of nitro groups is 1. The van der Waals surface area contributed by atoms with Crippen molar-refractivity contribution in [2.75, 3.05) is 7.05 Å². The molecule has 0 unspecified atom stereocenters. The molecular weight excluding hydrogens is 372 g/mol. The molecule has 0 bridgehead atoms. The van der Waals surface area contributed by atoms with Crippen molar-refractivity contribution < 1.29 is 9.72 Å². The van der Waals surface area contributed by atoms with Gasteiger partial charge in [-0.05, 0) is 37.1 Å². The minimum atomic E-state index is -0.454. The Hall–Kier alpha value is -3.55. The molecule has 0 radical (unpaired) electrons. The molecule has 8 nitrogen and oxygen atoms in total. The first kappa shape index (κ1) is 18.8. The number of hydrogen-bond acceptors (Lipinski definition) is 5. The van der Waals surface area contributed by atoms with Crippen molar-refractivity contribution in [3.05, 3.63) is 79.9 Å². The van der Waals surface area contributed by atoms with E-state index < -0.39 is 4.92 Å².